The third kappa shape index (κ3) is 3.82. The molecule has 3 nitrogen and oxygen atoms in total. The van der Waals surface area contributed by atoms with Gasteiger partial charge in [0.1, 0.15) is 6.04 Å². The van der Waals surface area contributed by atoms with Crippen molar-refractivity contribution >= 4 is 27.5 Å². The molecule has 0 spiro atoms. The molecule has 120 valence electrons. The lowest BCUT2D eigenvalue weighted by molar-refractivity contribution is -0.121. The number of anilines is 1. The van der Waals surface area contributed by atoms with Crippen molar-refractivity contribution in [2.75, 3.05) is 18.4 Å². The molecule has 2 aromatic rings. The second-order valence-corrected chi connectivity index (χ2v) is 6.92. The molecule has 0 bridgehead atoms. The summed E-state index contributed by atoms with van der Waals surface area (Å²) >= 11 is 3.46. The Morgan fingerprint density at radius 3 is 2.48 bits per heavy atom. The maximum absolute atomic E-state index is 13.0. The molecule has 1 fully saturated rings. The van der Waals surface area contributed by atoms with Crippen molar-refractivity contribution in [3.05, 3.63) is 64.1 Å². The molecule has 3 rings (SSSR count). The predicted octanol–water partition coefficient (Wildman–Crippen LogP) is 4.53. The summed E-state index contributed by atoms with van der Waals surface area (Å²) in [7, 11) is 0. The molecular formula is C19H21BrN2O. The summed E-state index contributed by atoms with van der Waals surface area (Å²) in [6, 6.07) is 15.8. The predicted molar refractivity (Wildman–Crippen MR) is 97.5 cm³/mol. The number of hydrogen-bond donors (Lipinski definition) is 1. The summed E-state index contributed by atoms with van der Waals surface area (Å²) in [5.74, 6) is 0.0449. The van der Waals surface area contributed by atoms with Crippen LogP contribution in [0.1, 0.15) is 30.0 Å². The Morgan fingerprint density at radius 1 is 1.13 bits per heavy atom. The van der Waals surface area contributed by atoms with E-state index in [1.807, 2.05) is 55.5 Å². The summed E-state index contributed by atoms with van der Waals surface area (Å²) in [5.41, 5.74) is 2.99. The fraction of sp³-hybridized carbons (Fsp3) is 0.316. The number of aryl methyl sites for hydroxylation is 1. The molecule has 0 radical (unpaired) electrons. The van der Waals surface area contributed by atoms with Crippen LogP contribution >= 0.6 is 15.9 Å². The van der Waals surface area contributed by atoms with Gasteiger partial charge in [-0.3, -0.25) is 9.69 Å². The summed E-state index contributed by atoms with van der Waals surface area (Å²) < 4.78 is 1.02. The van der Waals surface area contributed by atoms with Gasteiger partial charge in [0, 0.05) is 10.2 Å². The van der Waals surface area contributed by atoms with E-state index in [0.29, 0.717) is 0 Å². The fourth-order valence-electron chi connectivity index (χ4n) is 3.13. The van der Waals surface area contributed by atoms with Gasteiger partial charge in [0.05, 0.1) is 0 Å². The number of carbonyl (C=O) groups is 1. The number of likely N-dealkylation sites (tertiary alicyclic amines) is 1. The second-order valence-electron chi connectivity index (χ2n) is 6.00. The summed E-state index contributed by atoms with van der Waals surface area (Å²) in [5, 5.41) is 3.11. The molecule has 23 heavy (non-hydrogen) atoms. The van der Waals surface area contributed by atoms with E-state index in [1.165, 1.54) is 0 Å². The number of carbonyl (C=O) groups excluding carboxylic acids is 1. The maximum Gasteiger partial charge on any atom is 0.246 e. The van der Waals surface area contributed by atoms with Crippen molar-refractivity contribution in [3.63, 3.8) is 0 Å². The van der Waals surface area contributed by atoms with E-state index in [9.17, 15) is 4.79 Å². The van der Waals surface area contributed by atoms with Gasteiger partial charge in [-0.05, 0) is 62.2 Å². The van der Waals surface area contributed by atoms with E-state index < -0.39 is 0 Å². The minimum absolute atomic E-state index is 0.0449. The zero-order valence-corrected chi connectivity index (χ0v) is 14.8. The third-order valence-corrected chi connectivity index (χ3v) is 4.81. The zero-order valence-electron chi connectivity index (χ0n) is 13.3. The molecule has 2 aromatic carbocycles. The number of nitrogens with one attached hydrogen (secondary N) is 1. The molecule has 1 atom stereocenters. The Bertz CT molecular complexity index is 681. The van der Waals surface area contributed by atoms with Gasteiger partial charge in [-0.2, -0.15) is 0 Å². The van der Waals surface area contributed by atoms with Crippen LogP contribution in [0.5, 0.6) is 0 Å². The van der Waals surface area contributed by atoms with E-state index in [1.54, 1.807) is 0 Å². The third-order valence-electron chi connectivity index (χ3n) is 4.32. The monoisotopic (exact) mass is 372 g/mol. The van der Waals surface area contributed by atoms with Crippen molar-refractivity contribution in [2.45, 2.75) is 25.8 Å². The first kappa shape index (κ1) is 16.2. The normalized spacial score (nSPS) is 16.3. The van der Waals surface area contributed by atoms with Gasteiger partial charge in [-0.15, -0.1) is 0 Å². The van der Waals surface area contributed by atoms with Crippen LogP contribution in [0.25, 0.3) is 0 Å². The van der Waals surface area contributed by atoms with Crippen LogP contribution in [-0.2, 0) is 4.79 Å². The van der Waals surface area contributed by atoms with Gasteiger partial charge < -0.3 is 5.32 Å². The van der Waals surface area contributed by atoms with Crippen molar-refractivity contribution in [3.8, 4) is 0 Å². The van der Waals surface area contributed by atoms with Crippen LogP contribution in [0.3, 0.4) is 0 Å². The molecule has 1 amide bonds. The topological polar surface area (TPSA) is 32.3 Å². The number of halogens is 1. The van der Waals surface area contributed by atoms with Crippen molar-refractivity contribution in [2.24, 2.45) is 0 Å². The molecule has 1 N–H and O–H groups in total. The molecule has 1 saturated heterocycles. The molecule has 1 heterocycles. The molecular weight excluding hydrogens is 352 g/mol. The fourth-order valence-corrected chi connectivity index (χ4v) is 3.61. The first-order chi connectivity index (χ1) is 11.1. The molecule has 0 aromatic heterocycles. The first-order valence-corrected chi connectivity index (χ1v) is 8.80. The lowest BCUT2D eigenvalue weighted by Gasteiger charge is -2.27. The van der Waals surface area contributed by atoms with Gasteiger partial charge in [0.2, 0.25) is 5.91 Å². The lowest BCUT2D eigenvalue weighted by atomic mass is 10.0. The number of nitrogens with zero attached hydrogens (tertiary/aromatic N) is 1. The molecule has 0 saturated carbocycles. The summed E-state index contributed by atoms with van der Waals surface area (Å²) in [6.07, 6.45) is 2.32. The minimum Gasteiger partial charge on any atom is -0.324 e. The van der Waals surface area contributed by atoms with Crippen LogP contribution in [0.2, 0.25) is 0 Å². The van der Waals surface area contributed by atoms with E-state index in [-0.39, 0.29) is 11.9 Å². The zero-order chi connectivity index (χ0) is 16.2. The molecule has 1 aliphatic heterocycles. The van der Waals surface area contributed by atoms with Crippen molar-refractivity contribution in [1.82, 2.24) is 4.90 Å². The SMILES string of the molecule is Cc1cc(Br)ccc1NC(=O)C(c1ccccc1)N1CCCC1. The van der Waals surface area contributed by atoms with E-state index in [0.717, 1.165) is 47.2 Å². The highest BCUT2D eigenvalue weighted by Gasteiger charge is 2.29. The number of amides is 1. The standard InChI is InChI=1S/C19H21BrN2O/c1-14-13-16(20)9-10-17(14)21-19(23)18(22-11-5-6-12-22)15-7-3-2-4-8-15/h2-4,7-10,13,18H,5-6,11-12H2,1H3,(H,21,23). The van der Waals surface area contributed by atoms with E-state index in [2.05, 4.69) is 26.1 Å². The highest BCUT2D eigenvalue weighted by atomic mass is 79.9. The largest absolute Gasteiger partial charge is 0.324 e. The molecule has 4 heteroatoms. The molecule has 1 unspecified atom stereocenters. The highest BCUT2D eigenvalue weighted by molar-refractivity contribution is 9.10. The van der Waals surface area contributed by atoms with Crippen LogP contribution < -0.4 is 5.32 Å². The number of benzene rings is 2. The average molecular weight is 373 g/mol. The van der Waals surface area contributed by atoms with Crippen molar-refractivity contribution in [1.29, 1.82) is 0 Å². The minimum atomic E-state index is -0.221. The molecule has 1 aliphatic rings. The van der Waals surface area contributed by atoms with Crippen LogP contribution in [0, 0.1) is 6.92 Å². The van der Waals surface area contributed by atoms with Gasteiger partial charge in [0.15, 0.2) is 0 Å². The first-order valence-electron chi connectivity index (χ1n) is 8.01. The highest BCUT2D eigenvalue weighted by Crippen LogP contribution is 2.28. The second kappa shape index (κ2) is 7.28. The van der Waals surface area contributed by atoms with Crippen molar-refractivity contribution < 1.29 is 4.79 Å². The average Bonchev–Trinajstić information content (AvgIpc) is 3.05. The van der Waals surface area contributed by atoms with E-state index >= 15 is 0 Å². The Morgan fingerprint density at radius 2 is 1.83 bits per heavy atom. The van der Waals surface area contributed by atoms with Gasteiger partial charge in [0.25, 0.3) is 0 Å². The Hall–Kier alpha value is -1.65. The van der Waals surface area contributed by atoms with Gasteiger partial charge >= 0.3 is 0 Å². The number of rotatable bonds is 4. The van der Waals surface area contributed by atoms with Crippen LogP contribution in [0.4, 0.5) is 5.69 Å². The van der Waals surface area contributed by atoms with Gasteiger partial charge in [-0.25, -0.2) is 0 Å². The van der Waals surface area contributed by atoms with Crippen LogP contribution in [0.15, 0.2) is 53.0 Å². The maximum atomic E-state index is 13.0. The van der Waals surface area contributed by atoms with E-state index in [4.69, 9.17) is 0 Å². The number of hydrogen-bond acceptors (Lipinski definition) is 2. The Labute approximate surface area is 145 Å². The smallest absolute Gasteiger partial charge is 0.246 e. The Balaban J connectivity index is 1.85. The summed E-state index contributed by atoms with van der Waals surface area (Å²) in [4.78, 5) is 15.2. The van der Waals surface area contributed by atoms with Gasteiger partial charge in [-0.1, -0.05) is 46.3 Å². The molecule has 0 aliphatic carbocycles. The lowest BCUT2D eigenvalue weighted by Crippen LogP contribution is -2.35. The quantitative estimate of drug-likeness (QED) is 0.854. The van der Waals surface area contributed by atoms with Crippen LogP contribution in [-0.4, -0.2) is 23.9 Å². The summed E-state index contributed by atoms with van der Waals surface area (Å²) in [6.45, 7) is 3.96. The Kier molecular flexibility index (Phi) is 5.13.